The lowest BCUT2D eigenvalue weighted by Gasteiger charge is -2.05. The molecule has 0 radical (unpaired) electrons. The molecule has 0 saturated carbocycles. The van der Waals surface area contributed by atoms with Crippen molar-refractivity contribution in [2.24, 2.45) is 0 Å². The number of thiazole rings is 1. The van der Waals surface area contributed by atoms with Gasteiger partial charge in [0.2, 0.25) is 5.91 Å². The summed E-state index contributed by atoms with van der Waals surface area (Å²) < 4.78 is 1.63. The number of carbonyl (C=O) groups excluding carboxylic acids is 1. The molecule has 0 unspecified atom stereocenters. The summed E-state index contributed by atoms with van der Waals surface area (Å²) in [7, 11) is 0. The number of hydrogen-bond acceptors (Lipinski definition) is 4. The monoisotopic (exact) mass is 272 g/mol. The molecule has 1 heterocycles. The van der Waals surface area contributed by atoms with Crippen LogP contribution in [0.3, 0.4) is 0 Å². The molecule has 0 spiro atoms. The van der Waals surface area contributed by atoms with Gasteiger partial charge in [0, 0.05) is 30.6 Å². The number of nitrogens with zero attached hydrogens (tertiary/aromatic N) is 1. The van der Waals surface area contributed by atoms with Crippen LogP contribution in [0.15, 0.2) is 10.2 Å². The first-order valence-electron chi connectivity index (χ1n) is 5.64. The molecule has 18 heavy (non-hydrogen) atoms. The number of nitrogens with one attached hydrogen (secondary N) is 1. The van der Waals surface area contributed by atoms with Crippen LogP contribution in [0.25, 0.3) is 0 Å². The van der Waals surface area contributed by atoms with Gasteiger partial charge in [0.25, 0.3) is 0 Å². The van der Waals surface area contributed by atoms with Crippen molar-refractivity contribution in [1.82, 2.24) is 9.88 Å². The third-order valence-corrected chi connectivity index (χ3v) is 3.30. The number of rotatable bonds is 7. The van der Waals surface area contributed by atoms with E-state index in [2.05, 4.69) is 5.32 Å². The summed E-state index contributed by atoms with van der Waals surface area (Å²) in [4.78, 5) is 32.9. The number of amides is 1. The van der Waals surface area contributed by atoms with E-state index >= 15 is 0 Å². The van der Waals surface area contributed by atoms with E-state index in [9.17, 15) is 14.4 Å². The van der Waals surface area contributed by atoms with Gasteiger partial charge in [-0.3, -0.25) is 14.4 Å². The number of aryl methyl sites for hydroxylation is 1. The molecule has 0 atom stereocenters. The third kappa shape index (κ3) is 4.70. The Bertz CT molecular complexity index is 478. The summed E-state index contributed by atoms with van der Waals surface area (Å²) in [6.07, 6.45) is 0.784. The van der Waals surface area contributed by atoms with Crippen LogP contribution >= 0.6 is 11.3 Å². The lowest BCUT2D eigenvalue weighted by molar-refractivity contribution is -0.136. The van der Waals surface area contributed by atoms with Crippen molar-refractivity contribution >= 4 is 23.2 Å². The van der Waals surface area contributed by atoms with Crippen molar-refractivity contribution in [2.45, 2.75) is 32.7 Å². The minimum Gasteiger partial charge on any atom is -0.481 e. The fourth-order valence-electron chi connectivity index (χ4n) is 1.47. The number of aliphatic carboxylic acids is 1. The Labute approximate surface area is 108 Å². The van der Waals surface area contributed by atoms with Crippen LogP contribution in [0.1, 0.15) is 25.0 Å². The molecule has 0 bridgehead atoms. The van der Waals surface area contributed by atoms with E-state index in [1.54, 1.807) is 9.95 Å². The predicted molar refractivity (Wildman–Crippen MR) is 67.8 cm³/mol. The molecule has 2 N–H and O–H groups in total. The summed E-state index contributed by atoms with van der Waals surface area (Å²) in [5.74, 6) is -1.12. The Morgan fingerprint density at radius 2 is 2.17 bits per heavy atom. The highest BCUT2D eigenvalue weighted by atomic mass is 32.1. The number of carboxylic acids is 1. The second-order valence-corrected chi connectivity index (χ2v) is 4.71. The topological polar surface area (TPSA) is 88.4 Å². The second kappa shape index (κ2) is 6.95. The van der Waals surface area contributed by atoms with Gasteiger partial charge in [-0.25, -0.2) is 0 Å². The molecule has 1 rings (SSSR count). The van der Waals surface area contributed by atoms with Gasteiger partial charge in [0.15, 0.2) is 0 Å². The summed E-state index contributed by atoms with van der Waals surface area (Å²) >= 11 is 1.15. The first kappa shape index (κ1) is 14.4. The summed E-state index contributed by atoms with van der Waals surface area (Å²) in [5.41, 5.74) is 0.899. The Balaban J connectivity index is 2.24. The molecule has 100 valence electrons. The van der Waals surface area contributed by atoms with Crippen molar-refractivity contribution in [2.75, 3.05) is 6.54 Å². The number of aromatic nitrogens is 1. The van der Waals surface area contributed by atoms with Gasteiger partial charge in [0.05, 0.1) is 6.42 Å². The molecule has 0 aliphatic heterocycles. The quantitative estimate of drug-likeness (QED) is 0.760. The molecule has 1 amide bonds. The molecule has 7 heteroatoms. The number of hydrogen-bond donors (Lipinski definition) is 2. The SMILES string of the molecule is Cc1csc(=O)n1CCCC(=O)NCCC(=O)O. The zero-order valence-corrected chi connectivity index (χ0v) is 11.0. The van der Waals surface area contributed by atoms with Crippen molar-refractivity contribution in [3.63, 3.8) is 0 Å². The van der Waals surface area contributed by atoms with Crippen LogP contribution in [0.5, 0.6) is 0 Å². The smallest absolute Gasteiger partial charge is 0.307 e. The number of carboxylic acid groups (broad SMARTS) is 1. The van der Waals surface area contributed by atoms with Gasteiger partial charge in [-0.2, -0.15) is 0 Å². The van der Waals surface area contributed by atoms with Crippen molar-refractivity contribution in [3.05, 3.63) is 20.7 Å². The average molecular weight is 272 g/mol. The van der Waals surface area contributed by atoms with Gasteiger partial charge in [-0.15, -0.1) is 0 Å². The fourth-order valence-corrected chi connectivity index (χ4v) is 2.23. The first-order chi connectivity index (χ1) is 8.50. The van der Waals surface area contributed by atoms with Crippen molar-refractivity contribution in [1.29, 1.82) is 0 Å². The van der Waals surface area contributed by atoms with Gasteiger partial charge in [-0.05, 0) is 13.3 Å². The largest absolute Gasteiger partial charge is 0.481 e. The summed E-state index contributed by atoms with van der Waals surface area (Å²) in [6, 6.07) is 0. The molecule has 1 aromatic rings. The molecule has 0 aromatic carbocycles. The molecule has 1 aromatic heterocycles. The van der Waals surface area contributed by atoms with E-state index in [4.69, 9.17) is 5.11 Å². The lowest BCUT2D eigenvalue weighted by atomic mass is 10.3. The molecule has 0 aliphatic carbocycles. The van der Waals surface area contributed by atoms with Gasteiger partial charge < -0.3 is 15.0 Å². The predicted octanol–water partition coefficient (Wildman–Crippen LogP) is 0.589. The standard InChI is InChI=1S/C11H16N2O4S/c1-8-7-18-11(17)13(8)6-2-3-9(14)12-5-4-10(15)16/h7H,2-6H2,1H3,(H,12,14)(H,15,16). The second-order valence-electron chi connectivity index (χ2n) is 3.89. The average Bonchev–Trinajstić information content (AvgIpc) is 2.60. The van der Waals surface area contributed by atoms with E-state index in [0.717, 1.165) is 17.0 Å². The Kier molecular flexibility index (Phi) is 5.57. The minimum absolute atomic E-state index is 0.0150. The third-order valence-electron chi connectivity index (χ3n) is 2.42. The van der Waals surface area contributed by atoms with Crippen molar-refractivity contribution < 1.29 is 14.7 Å². The molecule has 0 saturated heterocycles. The highest BCUT2D eigenvalue weighted by Crippen LogP contribution is 2.02. The van der Waals surface area contributed by atoms with Crippen LogP contribution in [0.2, 0.25) is 0 Å². The van der Waals surface area contributed by atoms with Crippen molar-refractivity contribution in [3.8, 4) is 0 Å². The first-order valence-corrected chi connectivity index (χ1v) is 6.52. The maximum Gasteiger partial charge on any atom is 0.307 e. The Morgan fingerprint density at radius 1 is 1.44 bits per heavy atom. The van der Waals surface area contributed by atoms with Crippen LogP contribution in [-0.2, 0) is 16.1 Å². The van der Waals surface area contributed by atoms with E-state index in [0.29, 0.717) is 19.4 Å². The van der Waals surface area contributed by atoms with E-state index < -0.39 is 5.97 Å². The maximum absolute atomic E-state index is 11.4. The van der Waals surface area contributed by atoms with Crippen LogP contribution in [-0.4, -0.2) is 28.1 Å². The molecular weight excluding hydrogens is 256 g/mol. The molecule has 6 nitrogen and oxygen atoms in total. The normalized spacial score (nSPS) is 10.3. The van der Waals surface area contributed by atoms with Crippen LogP contribution in [0.4, 0.5) is 0 Å². The van der Waals surface area contributed by atoms with Gasteiger partial charge >= 0.3 is 10.8 Å². The van der Waals surface area contributed by atoms with Gasteiger partial charge in [0.1, 0.15) is 0 Å². The minimum atomic E-state index is -0.934. The zero-order chi connectivity index (χ0) is 13.5. The fraction of sp³-hybridized carbons (Fsp3) is 0.545. The van der Waals surface area contributed by atoms with Gasteiger partial charge in [-0.1, -0.05) is 11.3 Å². The molecule has 0 fully saturated rings. The number of carbonyl (C=O) groups is 2. The summed E-state index contributed by atoms with van der Waals surface area (Å²) in [5, 5.41) is 12.7. The molecule has 0 aliphatic rings. The maximum atomic E-state index is 11.4. The van der Waals surface area contributed by atoms with E-state index in [-0.39, 0.29) is 23.7 Å². The highest BCUT2D eigenvalue weighted by Gasteiger charge is 2.05. The zero-order valence-electron chi connectivity index (χ0n) is 10.1. The van der Waals surface area contributed by atoms with Crippen LogP contribution in [0, 0.1) is 6.92 Å². The van der Waals surface area contributed by atoms with E-state index in [1.165, 1.54) is 0 Å². The highest BCUT2D eigenvalue weighted by molar-refractivity contribution is 7.07. The summed E-state index contributed by atoms with van der Waals surface area (Å²) in [6.45, 7) is 2.51. The lowest BCUT2D eigenvalue weighted by Crippen LogP contribution is -2.26. The van der Waals surface area contributed by atoms with Crippen LogP contribution < -0.4 is 10.2 Å². The Hall–Kier alpha value is -1.63. The van der Waals surface area contributed by atoms with E-state index in [1.807, 2.05) is 6.92 Å². The molecular formula is C11H16N2O4S. The Morgan fingerprint density at radius 3 is 2.72 bits per heavy atom.